The van der Waals surface area contributed by atoms with Crippen LogP contribution in [-0.4, -0.2) is 23.3 Å². The van der Waals surface area contributed by atoms with E-state index in [1.165, 1.54) is 18.2 Å². The van der Waals surface area contributed by atoms with Crippen LogP contribution in [0.2, 0.25) is 0 Å². The van der Waals surface area contributed by atoms with Crippen LogP contribution in [0.15, 0.2) is 42.5 Å². The van der Waals surface area contributed by atoms with Gasteiger partial charge in [-0.2, -0.15) is 13.2 Å². The highest BCUT2D eigenvalue weighted by atomic mass is 19.4. The van der Waals surface area contributed by atoms with E-state index in [4.69, 9.17) is 0 Å². The molecule has 0 fully saturated rings. The topological polar surface area (TPSA) is 29.0 Å². The Hall–Kier alpha value is -2.44. The minimum atomic E-state index is -4.48. The molecule has 1 aromatic carbocycles. The molecule has 23 heavy (non-hydrogen) atoms. The van der Waals surface area contributed by atoms with Gasteiger partial charge in [0, 0.05) is 13.1 Å². The van der Waals surface area contributed by atoms with Crippen LogP contribution >= 0.6 is 0 Å². The molecule has 0 atom stereocenters. The van der Waals surface area contributed by atoms with Gasteiger partial charge >= 0.3 is 6.18 Å². The molecule has 0 unspecified atom stereocenters. The zero-order valence-corrected chi connectivity index (χ0v) is 12.0. The van der Waals surface area contributed by atoms with Crippen LogP contribution in [0.4, 0.5) is 23.4 Å². The molecule has 0 amide bonds. The third kappa shape index (κ3) is 3.49. The summed E-state index contributed by atoms with van der Waals surface area (Å²) in [4.78, 5) is 1.85. The predicted octanol–water partition coefficient (Wildman–Crippen LogP) is 3.93. The normalized spacial score (nSPS) is 15.5. The molecule has 2 aromatic rings. The van der Waals surface area contributed by atoms with Gasteiger partial charge in [-0.05, 0) is 41.8 Å². The molecule has 7 heteroatoms. The van der Waals surface area contributed by atoms with Gasteiger partial charge in [-0.3, -0.25) is 0 Å². The monoisotopic (exact) mass is 323 g/mol. The molecular weight excluding hydrogens is 310 g/mol. The zero-order chi connectivity index (χ0) is 16.4. The first-order valence-electron chi connectivity index (χ1n) is 7.04. The third-order valence-corrected chi connectivity index (χ3v) is 3.69. The van der Waals surface area contributed by atoms with Gasteiger partial charge < -0.3 is 4.90 Å². The van der Waals surface area contributed by atoms with Crippen molar-refractivity contribution in [2.45, 2.75) is 12.6 Å². The van der Waals surface area contributed by atoms with Crippen molar-refractivity contribution in [1.82, 2.24) is 10.2 Å². The maximum absolute atomic E-state index is 12.9. The second kappa shape index (κ2) is 5.98. The summed E-state index contributed by atoms with van der Waals surface area (Å²) in [6.07, 6.45) is -1.81. The number of hydrogen-bond donors (Lipinski definition) is 0. The van der Waals surface area contributed by atoms with Gasteiger partial charge in [0.1, 0.15) is 5.82 Å². The molecule has 120 valence electrons. The lowest BCUT2D eigenvalue weighted by Gasteiger charge is -2.27. The molecule has 0 radical (unpaired) electrons. The third-order valence-electron chi connectivity index (χ3n) is 3.69. The molecule has 0 bridgehead atoms. The van der Waals surface area contributed by atoms with Crippen molar-refractivity contribution in [1.29, 1.82) is 0 Å². The number of aromatic nitrogens is 2. The van der Waals surface area contributed by atoms with Gasteiger partial charge in [-0.25, -0.2) is 4.39 Å². The van der Waals surface area contributed by atoms with Crippen LogP contribution < -0.4 is 4.90 Å². The zero-order valence-electron chi connectivity index (χ0n) is 12.0. The van der Waals surface area contributed by atoms with Crippen molar-refractivity contribution < 1.29 is 17.6 Å². The predicted molar refractivity (Wildman–Crippen MR) is 78.2 cm³/mol. The SMILES string of the molecule is Fc1ccc(C2=CCN(c3ccc(C(F)(F)F)nn3)CC2)cc1. The number of halogens is 4. The highest BCUT2D eigenvalue weighted by Gasteiger charge is 2.33. The average molecular weight is 323 g/mol. The van der Waals surface area contributed by atoms with E-state index < -0.39 is 11.9 Å². The van der Waals surface area contributed by atoms with E-state index in [1.54, 1.807) is 12.1 Å². The molecule has 1 aliphatic heterocycles. The van der Waals surface area contributed by atoms with Gasteiger partial charge in [0.25, 0.3) is 0 Å². The smallest absolute Gasteiger partial charge is 0.351 e. The highest BCUT2D eigenvalue weighted by Crippen LogP contribution is 2.29. The standard InChI is InChI=1S/C16H13F4N3/c17-13-3-1-11(2-4-13)12-7-9-23(10-8-12)15-6-5-14(21-22-15)16(18,19)20/h1-7H,8-10H2. The number of hydrogen-bond acceptors (Lipinski definition) is 3. The van der Waals surface area contributed by atoms with Crippen LogP contribution in [-0.2, 0) is 6.18 Å². The Bertz CT molecular complexity index is 706. The lowest BCUT2D eigenvalue weighted by atomic mass is 9.99. The largest absolute Gasteiger partial charge is 0.435 e. The lowest BCUT2D eigenvalue weighted by molar-refractivity contribution is -0.141. The van der Waals surface area contributed by atoms with Crippen molar-refractivity contribution in [2.75, 3.05) is 18.0 Å². The van der Waals surface area contributed by atoms with Crippen LogP contribution in [0.3, 0.4) is 0 Å². The Morgan fingerprint density at radius 1 is 0.957 bits per heavy atom. The van der Waals surface area contributed by atoms with E-state index >= 15 is 0 Å². The fraction of sp³-hybridized carbons (Fsp3) is 0.250. The van der Waals surface area contributed by atoms with E-state index in [1.807, 2.05) is 11.0 Å². The maximum atomic E-state index is 12.9. The van der Waals surface area contributed by atoms with E-state index in [2.05, 4.69) is 10.2 Å². The molecule has 3 nitrogen and oxygen atoms in total. The van der Waals surface area contributed by atoms with Crippen LogP contribution in [0.5, 0.6) is 0 Å². The van der Waals surface area contributed by atoms with Gasteiger partial charge in [0.05, 0.1) is 0 Å². The summed E-state index contributed by atoms with van der Waals surface area (Å²) in [6, 6.07) is 8.51. The molecule has 0 saturated heterocycles. The molecule has 1 aromatic heterocycles. The average Bonchev–Trinajstić information content (AvgIpc) is 2.55. The summed E-state index contributed by atoms with van der Waals surface area (Å²) in [5, 5.41) is 6.89. The summed E-state index contributed by atoms with van der Waals surface area (Å²) in [5.41, 5.74) is 1.03. The van der Waals surface area contributed by atoms with Crippen LogP contribution in [0.1, 0.15) is 17.7 Å². The van der Waals surface area contributed by atoms with Gasteiger partial charge in [-0.1, -0.05) is 18.2 Å². The second-order valence-electron chi connectivity index (χ2n) is 5.21. The first-order valence-corrected chi connectivity index (χ1v) is 7.04. The van der Waals surface area contributed by atoms with Crippen LogP contribution in [0, 0.1) is 5.82 Å². The quantitative estimate of drug-likeness (QED) is 0.784. The minimum absolute atomic E-state index is 0.285. The Morgan fingerprint density at radius 2 is 1.70 bits per heavy atom. The molecule has 0 saturated carbocycles. The fourth-order valence-corrected chi connectivity index (χ4v) is 2.45. The number of benzene rings is 1. The second-order valence-corrected chi connectivity index (χ2v) is 5.21. The van der Waals surface area contributed by atoms with Crippen molar-refractivity contribution in [3.05, 3.63) is 59.5 Å². The Balaban J connectivity index is 1.72. The Kier molecular flexibility index (Phi) is 4.02. The molecule has 3 rings (SSSR count). The summed E-state index contributed by atoms with van der Waals surface area (Å²) < 4.78 is 50.4. The number of rotatable bonds is 2. The Labute approximate surface area is 130 Å². The fourth-order valence-electron chi connectivity index (χ4n) is 2.45. The lowest BCUT2D eigenvalue weighted by Crippen LogP contribution is -2.29. The first-order chi connectivity index (χ1) is 10.9. The summed E-state index contributed by atoms with van der Waals surface area (Å²) in [6.45, 7) is 1.13. The van der Waals surface area contributed by atoms with Gasteiger partial charge in [0.2, 0.25) is 0 Å². The molecule has 0 N–H and O–H groups in total. The number of anilines is 1. The highest BCUT2D eigenvalue weighted by molar-refractivity contribution is 5.68. The summed E-state index contributed by atoms with van der Waals surface area (Å²) in [5.74, 6) is 0.124. The first kappa shape index (κ1) is 15.5. The van der Waals surface area contributed by atoms with Crippen molar-refractivity contribution in [3.63, 3.8) is 0 Å². The number of nitrogens with zero attached hydrogens (tertiary/aromatic N) is 3. The van der Waals surface area contributed by atoms with Crippen molar-refractivity contribution in [3.8, 4) is 0 Å². The molecule has 0 aliphatic carbocycles. The van der Waals surface area contributed by atoms with E-state index in [0.717, 1.165) is 17.2 Å². The number of alkyl halides is 3. The molecule has 2 heterocycles. The van der Waals surface area contributed by atoms with E-state index in [9.17, 15) is 17.6 Å². The Morgan fingerprint density at radius 3 is 2.22 bits per heavy atom. The summed E-state index contributed by atoms with van der Waals surface area (Å²) >= 11 is 0. The van der Waals surface area contributed by atoms with Gasteiger partial charge in [0.15, 0.2) is 11.5 Å². The van der Waals surface area contributed by atoms with Crippen LogP contribution in [0.25, 0.3) is 5.57 Å². The summed E-state index contributed by atoms with van der Waals surface area (Å²) in [7, 11) is 0. The minimum Gasteiger partial charge on any atom is -0.351 e. The maximum Gasteiger partial charge on any atom is 0.435 e. The van der Waals surface area contributed by atoms with E-state index in [-0.39, 0.29) is 5.82 Å². The molecule has 0 spiro atoms. The van der Waals surface area contributed by atoms with Gasteiger partial charge in [-0.15, -0.1) is 10.2 Å². The molecular formula is C16H13F4N3. The molecule has 1 aliphatic rings. The van der Waals surface area contributed by atoms with E-state index in [0.29, 0.717) is 25.3 Å². The van der Waals surface area contributed by atoms with Crippen molar-refractivity contribution in [2.24, 2.45) is 0 Å². The van der Waals surface area contributed by atoms with Crippen molar-refractivity contribution >= 4 is 11.4 Å².